The molecular formula is C26H27N3O4S. The molecular weight excluding hydrogens is 450 g/mol. The Morgan fingerprint density at radius 1 is 1.09 bits per heavy atom. The second-order valence-corrected chi connectivity index (χ2v) is 9.31. The van der Waals surface area contributed by atoms with E-state index in [0.29, 0.717) is 23.7 Å². The molecule has 0 bridgehead atoms. The van der Waals surface area contributed by atoms with Crippen LogP contribution in [0.5, 0.6) is 5.75 Å². The van der Waals surface area contributed by atoms with Crippen LogP contribution in [0.4, 0.5) is 5.13 Å². The number of Topliss-reactive ketones (excluding diaryl/α,β-unsaturated/α-hetero) is 1. The van der Waals surface area contributed by atoms with E-state index in [9.17, 15) is 14.4 Å². The van der Waals surface area contributed by atoms with E-state index >= 15 is 0 Å². The Kier molecular flexibility index (Phi) is 7.07. The fraction of sp³-hybridized carbons (Fsp3) is 0.308. The molecule has 1 aliphatic rings. The zero-order chi connectivity index (χ0) is 24.2. The van der Waals surface area contributed by atoms with Crippen LogP contribution in [0, 0.1) is 13.8 Å². The van der Waals surface area contributed by atoms with Crippen molar-refractivity contribution in [3.05, 3.63) is 64.0 Å². The number of nitrogens with zero attached hydrogens (tertiary/aromatic N) is 1. The van der Waals surface area contributed by atoms with E-state index in [-0.39, 0.29) is 36.5 Å². The minimum absolute atomic E-state index is 0.0527. The number of anilines is 1. The molecule has 2 amide bonds. The van der Waals surface area contributed by atoms with E-state index in [4.69, 9.17) is 4.74 Å². The molecule has 0 radical (unpaired) electrons. The highest BCUT2D eigenvalue weighted by Gasteiger charge is 2.23. The summed E-state index contributed by atoms with van der Waals surface area (Å²) in [6, 6.07) is 11.3. The number of ketones is 1. The van der Waals surface area contributed by atoms with Crippen LogP contribution < -0.4 is 15.4 Å². The van der Waals surface area contributed by atoms with Gasteiger partial charge in [0.25, 0.3) is 0 Å². The van der Waals surface area contributed by atoms with Gasteiger partial charge in [0.15, 0.2) is 10.9 Å². The van der Waals surface area contributed by atoms with Crippen molar-refractivity contribution in [1.29, 1.82) is 0 Å². The van der Waals surface area contributed by atoms with Crippen LogP contribution in [0.15, 0.2) is 41.8 Å². The molecule has 34 heavy (non-hydrogen) atoms. The summed E-state index contributed by atoms with van der Waals surface area (Å²) in [5, 5.41) is 8.11. The molecule has 0 fully saturated rings. The molecule has 1 atom stereocenters. The third-order valence-corrected chi connectivity index (χ3v) is 6.64. The van der Waals surface area contributed by atoms with Gasteiger partial charge in [0.2, 0.25) is 11.8 Å². The monoisotopic (exact) mass is 477 g/mol. The van der Waals surface area contributed by atoms with Crippen molar-refractivity contribution in [3.8, 4) is 17.0 Å². The number of rotatable bonds is 7. The second-order valence-electron chi connectivity index (χ2n) is 8.45. The Morgan fingerprint density at radius 3 is 2.68 bits per heavy atom. The number of nitrogens with one attached hydrogen (secondary N) is 2. The highest BCUT2D eigenvalue weighted by Crippen LogP contribution is 2.36. The number of hydrogen-bond acceptors (Lipinski definition) is 6. The lowest BCUT2D eigenvalue weighted by molar-refractivity contribution is -0.120. The van der Waals surface area contributed by atoms with Gasteiger partial charge in [-0.1, -0.05) is 12.1 Å². The number of hydrogen-bond donors (Lipinski definition) is 2. The molecule has 1 aromatic heterocycles. The summed E-state index contributed by atoms with van der Waals surface area (Å²) in [7, 11) is 0. The fourth-order valence-corrected chi connectivity index (χ4v) is 4.62. The molecule has 1 aliphatic heterocycles. The summed E-state index contributed by atoms with van der Waals surface area (Å²) in [5.74, 6) is 0.370. The number of aromatic nitrogens is 1. The Balaban J connectivity index is 1.39. The van der Waals surface area contributed by atoms with Crippen LogP contribution in [0.25, 0.3) is 11.3 Å². The van der Waals surface area contributed by atoms with Crippen LogP contribution >= 0.6 is 11.3 Å². The zero-order valence-corrected chi connectivity index (χ0v) is 20.3. The molecule has 7 nitrogen and oxygen atoms in total. The summed E-state index contributed by atoms with van der Waals surface area (Å²) >= 11 is 1.33. The number of benzene rings is 2. The first-order chi connectivity index (χ1) is 16.3. The lowest BCUT2D eigenvalue weighted by Gasteiger charge is -2.26. The summed E-state index contributed by atoms with van der Waals surface area (Å²) in [5.41, 5.74) is 5.33. The van der Waals surface area contributed by atoms with Gasteiger partial charge in [-0.05, 0) is 49.2 Å². The summed E-state index contributed by atoms with van der Waals surface area (Å²) in [4.78, 5) is 40.9. The first kappa shape index (κ1) is 23.6. The number of carbonyl (C=O) groups is 3. The molecule has 2 N–H and O–H groups in total. The van der Waals surface area contributed by atoms with Gasteiger partial charge in [-0.3, -0.25) is 14.4 Å². The fourth-order valence-electron chi connectivity index (χ4n) is 3.88. The number of thiazole rings is 1. The average molecular weight is 478 g/mol. The average Bonchev–Trinajstić information content (AvgIpc) is 3.27. The Bertz CT molecular complexity index is 1250. The van der Waals surface area contributed by atoms with Crippen molar-refractivity contribution in [2.24, 2.45) is 0 Å². The molecule has 0 spiro atoms. The van der Waals surface area contributed by atoms with Crippen molar-refractivity contribution in [1.82, 2.24) is 10.3 Å². The summed E-state index contributed by atoms with van der Waals surface area (Å²) < 4.78 is 5.72. The van der Waals surface area contributed by atoms with Crippen molar-refractivity contribution >= 4 is 34.1 Å². The largest absolute Gasteiger partial charge is 0.493 e. The van der Waals surface area contributed by atoms with Gasteiger partial charge in [-0.15, -0.1) is 11.3 Å². The molecule has 176 valence electrons. The van der Waals surface area contributed by atoms with E-state index < -0.39 is 0 Å². The number of amides is 2. The normalized spacial score (nSPS) is 14.6. The minimum atomic E-state index is -0.248. The van der Waals surface area contributed by atoms with Crippen LogP contribution in [0.2, 0.25) is 0 Å². The molecule has 0 saturated heterocycles. The topological polar surface area (TPSA) is 97.4 Å². The smallest absolute Gasteiger partial charge is 0.226 e. The second kappa shape index (κ2) is 10.2. The van der Waals surface area contributed by atoms with Gasteiger partial charge in [0.1, 0.15) is 5.75 Å². The lowest BCUT2D eigenvalue weighted by atomic mass is 9.97. The van der Waals surface area contributed by atoms with E-state index in [0.717, 1.165) is 33.7 Å². The van der Waals surface area contributed by atoms with Crippen molar-refractivity contribution in [3.63, 3.8) is 0 Å². The molecule has 0 saturated carbocycles. The van der Waals surface area contributed by atoms with Crippen LogP contribution in [0.3, 0.4) is 0 Å². The van der Waals surface area contributed by atoms with Crippen LogP contribution in [-0.4, -0.2) is 29.2 Å². The van der Waals surface area contributed by atoms with Gasteiger partial charge in [0.05, 0.1) is 18.3 Å². The lowest BCUT2D eigenvalue weighted by Crippen LogP contribution is -2.30. The van der Waals surface area contributed by atoms with Crippen molar-refractivity contribution in [2.45, 2.75) is 46.1 Å². The van der Waals surface area contributed by atoms with Gasteiger partial charge < -0.3 is 15.4 Å². The molecule has 0 aliphatic carbocycles. The first-order valence-electron chi connectivity index (χ1n) is 11.2. The van der Waals surface area contributed by atoms with Crippen molar-refractivity contribution < 1.29 is 19.1 Å². The first-order valence-corrected chi connectivity index (χ1v) is 12.1. The quantitative estimate of drug-likeness (QED) is 0.467. The van der Waals surface area contributed by atoms with Gasteiger partial charge in [0, 0.05) is 48.3 Å². The standard InChI is InChI=1S/C26H27N3O4S/c1-15-4-5-19(12-16(15)2)23(31)7-9-25(32)29-26-28-22(14-34-26)18-6-8-24-20(13-18)21(10-11-33-24)27-17(3)30/h4-6,8,12-14,21H,7,9-11H2,1-3H3,(H,27,30)(H,28,29,32). The van der Waals surface area contributed by atoms with E-state index in [1.165, 1.54) is 18.3 Å². The van der Waals surface area contributed by atoms with Crippen LogP contribution in [0.1, 0.15) is 59.3 Å². The maximum absolute atomic E-state index is 12.4. The third kappa shape index (κ3) is 5.51. The SMILES string of the molecule is CC(=O)NC1CCOc2ccc(-c3csc(NC(=O)CCC(=O)c4ccc(C)c(C)c4)n3)cc21. The van der Waals surface area contributed by atoms with Gasteiger partial charge in [-0.2, -0.15) is 0 Å². The molecule has 2 heterocycles. The molecule has 2 aromatic carbocycles. The highest BCUT2D eigenvalue weighted by atomic mass is 32.1. The number of fused-ring (bicyclic) bond motifs is 1. The molecule has 1 unspecified atom stereocenters. The zero-order valence-electron chi connectivity index (χ0n) is 19.4. The van der Waals surface area contributed by atoms with Gasteiger partial charge in [-0.25, -0.2) is 4.98 Å². The van der Waals surface area contributed by atoms with E-state index in [2.05, 4.69) is 15.6 Å². The number of aryl methyl sites for hydroxylation is 2. The predicted molar refractivity (Wildman–Crippen MR) is 132 cm³/mol. The maximum Gasteiger partial charge on any atom is 0.226 e. The third-order valence-electron chi connectivity index (χ3n) is 5.88. The van der Waals surface area contributed by atoms with E-state index in [1.807, 2.05) is 49.6 Å². The Hall–Kier alpha value is -3.52. The molecule has 3 aromatic rings. The van der Waals surface area contributed by atoms with E-state index in [1.54, 1.807) is 6.07 Å². The number of carbonyl (C=O) groups excluding carboxylic acids is 3. The van der Waals surface area contributed by atoms with Crippen molar-refractivity contribution in [2.75, 3.05) is 11.9 Å². The summed E-state index contributed by atoms with van der Waals surface area (Å²) in [6.45, 7) is 6.02. The number of ether oxygens (including phenoxy) is 1. The van der Waals surface area contributed by atoms with Gasteiger partial charge >= 0.3 is 0 Å². The summed E-state index contributed by atoms with van der Waals surface area (Å²) in [6.07, 6.45) is 0.937. The Morgan fingerprint density at radius 2 is 1.91 bits per heavy atom. The highest BCUT2D eigenvalue weighted by molar-refractivity contribution is 7.14. The Labute approximate surface area is 202 Å². The predicted octanol–water partition coefficient (Wildman–Crippen LogP) is 4.99. The maximum atomic E-state index is 12.4. The minimum Gasteiger partial charge on any atom is -0.493 e. The molecule has 4 rings (SSSR count). The molecule has 8 heteroatoms. The van der Waals surface area contributed by atoms with Crippen LogP contribution in [-0.2, 0) is 9.59 Å².